The van der Waals surface area contributed by atoms with Gasteiger partial charge in [-0.25, -0.2) is 0 Å². The fourth-order valence-corrected chi connectivity index (χ4v) is 6.08. The quantitative estimate of drug-likeness (QED) is 0.300. The van der Waals surface area contributed by atoms with Crippen LogP contribution in [0.15, 0.2) is 60.7 Å². The molecule has 1 nitrogen and oxygen atoms in total. The van der Waals surface area contributed by atoms with Crippen molar-refractivity contribution < 1.29 is 4.74 Å². The molecule has 2 saturated carbocycles. The molecule has 0 aliphatic heterocycles. The number of allylic oxidation sites excluding steroid dienone is 2. The molecule has 0 atom stereocenters. The molecular weight excluding hydrogens is 388 g/mol. The Hall–Kier alpha value is -1.86. The summed E-state index contributed by atoms with van der Waals surface area (Å²) in [6.45, 7) is 5.87. The van der Waals surface area contributed by atoms with Crippen LogP contribution >= 0.6 is 0 Å². The first kappa shape index (κ1) is 23.3. The van der Waals surface area contributed by atoms with E-state index < -0.39 is 0 Å². The predicted molar refractivity (Wildman–Crippen MR) is 137 cm³/mol. The lowest BCUT2D eigenvalue weighted by Gasteiger charge is -2.37. The first-order valence-electron chi connectivity index (χ1n) is 13.2. The van der Waals surface area contributed by atoms with Gasteiger partial charge in [0.2, 0.25) is 0 Å². The molecule has 2 aliphatic rings. The zero-order valence-corrected chi connectivity index (χ0v) is 20.3. The predicted octanol–water partition coefficient (Wildman–Crippen LogP) is 8.94. The van der Waals surface area contributed by atoms with Crippen LogP contribution in [-0.2, 0) is 11.3 Å². The summed E-state index contributed by atoms with van der Waals surface area (Å²) in [6, 6.07) is 18.3. The van der Waals surface area contributed by atoms with Crippen LogP contribution in [0.2, 0.25) is 0 Å². The Morgan fingerprint density at radius 3 is 1.88 bits per heavy atom. The summed E-state index contributed by atoms with van der Waals surface area (Å²) in [5.74, 6) is 3.60. The Kier molecular flexibility index (Phi) is 8.62. The summed E-state index contributed by atoms with van der Waals surface area (Å²) >= 11 is 0. The Labute approximate surface area is 196 Å². The van der Waals surface area contributed by atoms with Crippen molar-refractivity contribution in [2.24, 2.45) is 17.8 Å². The van der Waals surface area contributed by atoms with E-state index in [0.717, 1.165) is 36.7 Å². The Morgan fingerprint density at radius 1 is 0.750 bits per heavy atom. The summed E-state index contributed by atoms with van der Waals surface area (Å²) in [7, 11) is 0. The summed E-state index contributed by atoms with van der Waals surface area (Å²) in [5, 5.41) is 0. The number of rotatable bonds is 8. The lowest BCUT2D eigenvalue weighted by atomic mass is 9.68. The zero-order chi connectivity index (χ0) is 22.2. The Balaban J connectivity index is 1.27. The topological polar surface area (TPSA) is 9.23 Å². The van der Waals surface area contributed by atoms with Crippen LogP contribution in [0.25, 0.3) is 11.1 Å². The fraction of sp³-hybridized carbons (Fsp3) is 0.548. The summed E-state index contributed by atoms with van der Waals surface area (Å²) in [4.78, 5) is 0. The van der Waals surface area contributed by atoms with Gasteiger partial charge in [0, 0.05) is 6.61 Å². The highest BCUT2D eigenvalue weighted by molar-refractivity contribution is 5.64. The number of hydrogen-bond acceptors (Lipinski definition) is 1. The van der Waals surface area contributed by atoms with Gasteiger partial charge >= 0.3 is 0 Å². The van der Waals surface area contributed by atoms with E-state index in [1.807, 2.05) is 0 Å². The first-order chi connectivity index (χ1) is 15.8. The van der Waals surface area contributed by atoms with Crippen molar-refractivity contribution in [1.29, 1.82) is 0 Å². The van der Waals surface area contributed by atoms with E-state index in [-0.39, 0.29) is 0 Å². The molecule has 0 amide bonds. The maximum absolute atomic E-state index is 5.66. The molecule has 2 aliphatic carbocycles. The molecule has 0 spiro atoms. The van der Waals surface area contributed by atoms with Gasteiger partial charge in [0.05, 0.1) is 6.61 Å². The van der Waals surface area contributed by atoms with Crippen LogP contribution in [-0.4, -0.2) is 6.61 Å². The largest absolute Gasteiger partial charge is 0.377 e. The summed E-state index contributed by atoms with van der Waals surface area (Å²) in [6.07, 6.45) is 17.2. The summed E-state index contributed by atoms with van der Waals surface area (Å²) in [5.41, 5.74) is 5.42. The molecule has 0 unspecified atom stereocenters. The van der Waals surface area contributed by atoms with E-state index in [2.05, 4.69) is 74.5 Å². The molecule has 0 radical (unpaired) electrons. The van der Waals surface area contributed by atoms with E-state index in [1.54, 1.807) is 5.56 Å². The van der Waals surface area contributed by atoms with Crippen LogP contribution < -0.4 is 0 Å². The van der Waals surface area contributed by atoms with Gasteiger partial charge in [-0.3, -0.25) is 0 Å². The number of hydrogen-bond donors (Lipinski definition) is 0. The van der Waals surface area contributed by atoms with E-state index >= 15 is 0 Å². The van der Waals surface area contributed by atoms with Crippen molar-refractivity contribution >= 4 is 0 Å². The molecule has 2 aromatic carbocycles. The number of ether oxygens (including phenoxy) is 1. The third-order valence-electron chi connectivity index (χ3n) is 8.01. The van der Waals surface area contributed by atoms with Crippen LogP contribution in [0.4, 0.5) is 0 Å². The molecule has 0 bridgehead atoms. The SMILES string of the molecule is C/C=C/[C@H]1CC[C@H](C2CCC(c3ccc(-c4ccc(COCCC)cc4)cc3)CC2)CC1. The average Bonchev–Trinajstić information content (AvgIpc) is 2.86. The second kappa shape index (κ2) is 11.8. The van der Waals surface area contributed by atoms with Crippen LogP contribution in [0.5, 0.6) is 0 Å². The highest BCUT2D eigenvalue weighted by Crippen LogP contribution is 2.44. The van der Waals surface area contributed by atoms with Gasteiger partial charge in [0.25, 0.3) is 0 Å². The van der Waals surface area contributed by atoms with Crippen molar-refractivity contribution in [2.75, 3.05) is 6.61 Å². The summed E-state index contributed by atoms with van der Waals surface area (Å²) < 4.78 is 5.66. The van der Waals surface area contributed by atoms with Gasteiger partial charge in [-0.2, -0.15) is 0 Å². The van der Waals surface area contributed by atoms with Crippen molar-refractivity contribution in [3.05, 3.63) is 71.8 Å². The first-order valence-corrected chi connectivity index (χ1v) is 13.2. The van der Waals surface area contributed by atoms with E-state index in [4.69, 9.17) is 4.74 Å². The molecule has 0 saturated heterocycles. The Morgan fingerprint density at radius 2 is 1.31 bits per heavy atom. The van der Waals surface area contributed by atoms with Gasteiger partial charge in [0.15, 0.2) is 0 Å². The van der Waals surface area contributed by atoms with Gasteiger partial charge in [-0.1, -0.05) is 67.6 Å². The molecule has 172 valence electrons. The zero-order valence-electron chi connectivity index (χ0n) is 20.3. The average molecular weight is 431 g/mol. The van der Waals surface area contributed by atoms with Crippen molar-refractivity contribution in [1.82, 2.24) is 0 Å². The second-order valence-corrected chi connectivity index (χ2v) is 10.2. The molecule has 0 heterocycles. The monoisotopic (exact) mass is 430 g/mol. The van der Waals surface area contributed by atoms with Gasteiger partial charge in [-0.05, 0) is 111 Å². The standard InChI is InChI=1S/C31H42O/c1-3-5-24-6-10-26(11-7-24)28-14-18-30(19-15-28)31-20-16-29(17-21-31)27-12-8-25(9-13-27)23-32-22-4-2/h3,5,8-9,12-13,16-17,20-21,24,26,28,30H,4,6-7,10-11,14-15,18-19,22-23H2,1-2H3/b5-3+/t24-,26-,28?,30?. The maximum atomic E-state index is 5.66. The van der Waals surface area contributed by atoms with E-state index in [9.17, 15) is 0 Å². The van der Waals surface area contributed by atoms with Crippen LogP contribution in [0.1, 0.15) is 88.7 Å². The molecule has 0 N–H and O–H groups in total. The number of benzene rings is 2. The molecular formula is C31H42O. The third kappa shape index (κ3) is 6.13. The van der Waals surface area contributed by atoms with Crippen molar-refractivity contribution in [2.45, 2.75) is 84.2 Å². The lowest BCUT2D eigenvalue weighted by Crippen LogP contribution is -2.25. The molecule has 32 heavy (non-hydrogen) atoms. The van der Waals surface area contributed by atoms with Crippen molar-refractivity contribution in [3.8, 4) is 11.1 Å². The molecule has 2 fully saturated rings. The van der Waals surface area contributed by atoms with Gasteiger partial charge in [0.1, 0.15) is 0 Å². The minimum Gasteiger partial charge on any atom is -0.377 e. The lowest BCUT2D eigenvalue weighted by molar-refractivity contribution is 0.121. The highest BCUT2D eigenvalue weighted by atomic mass is 16.5. The minimum atomic E-state index is 0.715. The van der Waals surface area contributed by atoms with Gasteiger partial charge in [-0.15, -0.1) is 0 Å². The molecule has 4 rings (SSSR count). The maximum Gasteiger partial charge on any atom is 0.0716 e. The van der Waals surface area contributed by atoms with Crippen LogP contribution in [0, 0.1) is 17.8 Å². The smallest absolute Gasteiger partial charge is 0.0716 e. The third-order valence-corrected chi connectivity index (χ3v) is 8.01. The molecule has 0 aromatic heterocycles. The Bertz CT molecular complexity index is 816. The highest BCUT2D eigenvalue weighted by Gasteiger charge is 2.30. The molecule has 1 heteroatoms. The molecule has 2 aromatic rings. The minimum absolute atomic E-state index is 0.715. The van der Waals surface area contributed by atoms with Crippen molar-refractivity contribution in [3.63, 3.8) is 0 Å². The van der Waals surface area contributed by atoms with Gasteiger partial charge < -0.3 is 4.74 Å². The van der Waals surface area contributed by atoms with E-state index in [1.165, 1.54) is 68.1 Å². The normalized spacial score (nSPS) is 26.4. The second-order valence-electron chi connectivity index (χ2n) is 10.2. The van der Waals surface area contributed by atoms with Crippen LogP contribution in [0.3, 0.4) is 0 Å². The fourth-order valence-electron chi connectivity index (χ4n) is 6.08. The van der Waals surface area contributed by atoms with E-state index in [0.29, 0.717) is 6.61 Å².